The lowest BCUT2D eigenvalue weighted by Crippen LogP contribution is -2.30. The molecule has 104 valence electrons. The number of rotatable bonds is 5. The van der Waals surface area contributed by atoms with Crippen molar-refractivity contribution in [2.75, 3.05) is 17.7 Å². The second-order valence-electron chi connectivity index (χ2n) is 4.50. The predicted octanol–water partition coefficient (Wildman–Crippen LogP) is 2.60. The standard InChI is InChI=1S/C16H17NO2S/c1-17(15-10-6-3-7-11-15)16(18)13-20(19)12-14-8-4-2-5-9-14/h2-11H,12-13H2,1H3/t20-/m1/s1. The van der Waals surface area contributed by atoms with E-state index in [2.05, 4.69) is 0 Å². The summed E-state index contributed by atoms with van der Waals surface area (Å²) in [4.78, 5) is 13.6. The van der Waals surface area contributed by atoms with Crippen LogP contribution in [0.3, 0.4) is 0 Å². The third-order valence-corrected chi connectivity index (χ3v) is 4.20. The van der Waals surface area contributed by atoms with Crippen molar-refractivity contribution in [3.05, 3.63) is 66.2 Å². The molecule has 0 bridgehead atoms. The first-order valence-electron chi connectivity index (χ1n) is 6.37. The van der Waals surface area contributed by atoms with E-state index in [9.17, 15) is 9.00 Å². The largest absolute Gasteiger partial charge is 0.315 e. The minimum absolute atomic E-state index is 0.0420. The Hall–Kier alpha value is -1.94. The van der Waals surface area contributed by atoms with Crippen LogP contribution in [0, 0.1) is 0 Å². The van der Waals surface area contributed by atoms with Gasteiger partial charge in [-0.05, 0) is 17.7 Å². The number of benzene rings is 2. The summed E-state index contributed by atoms with van der Waals surface area (Å²) < 4.78 is 12.0. The topological polar surface area (TPSA) is 37.4 Å². The summed E-state index contributed by atoms with van der Waals surface area (Å²) >= 11 is 0. The highest BCUT2D eigenvalue weighted by atomic mass is 32.2. The Morgan fingerprint density at radius 2 is 1.55 bits per heavy atom. The summed E-state index contributed by atoms with van der Waals surface area (Å²) in [6.45, 7) is 0. The molecule has 4 heteroatoms. The number of hydrogen-bond donors (Lipinski definition) is 0. The van der Waals surface area contributed by atoms with Crippen molar-refractivity contribution in [3.63, 3.8) is 0 Å². The highest BCUT2D eigenvalue weighted by molar-refractivity contribution is 7.84. The van der Waals surface area contributed by atoms with Gasteiger partial charge in [-0.25, -0.2) is 0 Å². The van der Waals surface area contributed by atoms with E-state index in [4.69, 9.17) is 0 Å². The Morgan fingerprint density at radius 1 is 1.00 bits per heavy atom. The molecule has 1 amide bonds. The maximum absolute atomic E-state index is 12.1. The third kappa shape index (κ3) is 4.03. The third-order valence-electron chi connectivity index (χ3n) is 2.97. The molecular formula is C16H17NO2S. The van der Waals surface area contributed by atoms with Crippen LogP contribution in [-0.4, -0.2) is 22.9 Å². The van der Waals surface area contributed by atoms with E-state index < -0.39 is 10.8 Å². The molecule has 2 aromatic rings. The number of amides is 1. The molecule has 0 unspecified atom stereocenters. The van der Waals surface area contributed by atoms with Gasteiger partial charge in [0.25, 0.3) is 0 Å². The van der Waals surface area contributed by atoms with Gasteiger partial charge in [-0.15, -0.1) is 0 Å². The zero-order chi connectivity index (χ0) is 14.4. The Bertz CT molecular complexity index is 584. The number of hydrogen-bond acceptors (Lipinski definition) is 2. The van der Waals surface area contributed by atoms with E-state index in [1.54, 1.807) is 11.9 Å². The van der Waals surface area contributed by atoms with Crippen LogP contribution in [0.4, 0.5) is 5.69 Å². The van der Waals surface area contributed by atoms with Crippen LogP contribution in [0.25, 0.3) is 0 Å². The van der Waals surface area contributed by atoms with Crippen LogP contribution in [0.15, 0.2) is 60.7 Å². The predicted molar refractivity (Wildman–Crippen MR) is 83.0 cm³/mol. The summed E-state index contributed by atoms with van der Waals surface area (Å²) in [5.74, 6) is 0.320. The number of para-hydroxylation sites is 1. The molecule has 1 atom stereocenters. The first-order chi connectivity index (χ1) is 9.66. The van der Waals surface area contributed by atoms with Crippen LogP contribution in [0.2, 0.25) is 0 Å². The lowest BCUT2D eigenvalue weighted by molar-refractivity contribution is -0.115. The molecule has 0 N–H and O–H groups in total. The van der Waals surface area contributed by atoms with Crippen molar-refractivity contribution in [2.45, 2.75) is 5.75 Å². The van der Waals surface area contributed by atoms with Crippen molar-refractivity contribution < 1.29 is 9.00 Å². The molecule has 3 nitrogen and oxygen atoms in total. The SMILES string of the molecule is CN(C(=O)C[S@](=O)Cc1ccccc1)c1ccccc1. The first kappa shape index (κ1) is 14.5. The van der Waals surface area contributed by atoms with Gasteiger partial charge in [0.15, 0.2) is 0 Å². The van der Waals surface area contributed by atoms with Crippen LogP contribution < -0.4 is 4.90 Å². The monoisotopic (exact) mass is 287 g/mol. The van der Waals surface area contributed by atoms with E-state index in [-0.39, 0.29) is 11.7 Å². The fraction of sp³-hybridized carbons (Fsp3) is 0.188. The van der Waals surface area contributed by atoms with Gasteiger partial charge in [0.1, 0.15) is 5.75 Å². The first-order valence-corrected chi connectivity index (χ1v) is 7.86. The Labute approximate surface area is 121 Å². The molecular weight excluding hydrogens is 270 g/mol. The smallest absolute Gasteiger partial charge is 0.239 e. The molecule has 0 saturated carbocycles. The summed E-state index contributed by atoms with van der Waals surface area (Å²) in [5.41, 5.74) is 1.80. The van der Waals surface area contributed by atoms with Crippen molar-refractivity contribution in [1.82, 2.24) is 0 Å². The normalized spacial score (nSPS) is 11.8. The van der Waals surface area contributed by atoms with Crippen molar-refractivity contribution in [2.24, 2.45) is 0 Å². The summed E-state index contributed by atoms with van der Waals surface area (Å²) in [7, 11) is 0.519. The van der Waals surface area contributed by atoms with E-state index >= 15 is 0 Å². The van der Waals surface area contributed by atoms with Crippen LogP contribution in [-0.2, 0) is 21.3 Å². The molecule has 20 heavy (non-hydrogen) atoms. The second kappa shape index (κ2) is 7.01. The number of carbonyl (C=O) groups excluding carboxylic acids is 1. The highest BCUT2D eigenvalue weighted by Gasteiger charge is 2.14. The molecule has 0 saturated heterocycles. The van der Waals surface area contributed by atoms with Crippen LogP contribution >= 0.6 is 0 Å². The summed E-state index contributed by atoms with van der Waals surface area (Å²) in [5, 5.41) is 0. The van der Waals surface area contributed by atoms with Gasteiger partial charge in [0, 0.05) is 29.3 Å². The average Bonchev–Trinajstić information content (AvgIpc) is 2.48. The molecule has 0 heterocycles. The molecule has 0 radical (unpaired) electrons. The van der Waals surface area contributed by atoms with Crippen LogP contribution in [0.5, 0.6) is 0 Å². The van der Waals surface area contributed by atoms with Gasteiger partial charge in [0.2, 0.25) is 5.91 Å². The molecule has 0 aliphatic carbocycles. The lowest BCUT2D eigenvalue weighted by atomic mass is 10.2. The summed E-state index contributed by atoms with van der Waals surface area (Å²) in [6, 6.07) is 18.9. The van der Waals surface area contributed by atoms with E-state index in [1.165, 1.54) is 0 Å². The van der Waals surface area contributed by atoms with Gasteiger partial charge in [-0.1, -0.05) is 48.5 Å². The fourth-order valence-corrected chi connectivity index (χ4v) is 2.98. The highest BCUT2D eigenvalue weighted by Crippen LogP contribution is 2.12. The molecule has 0 aliphatic heterocycles. The minimum atomic E-state index is -1.19. The number of nitrogens with zero attached hydrogens (tertiary/aromatic N) is 1. The number of carbonyl (C=O) groups is 1. The van der Waals surface area contributed by atoms with Crippen molar-refractivity contribution in [3.8, 4) is 0 Å². The van der Waals surface area contributed by atoms with Crippen molar-refractivity contribution >= 4 is 22.4 Å². The molecule has 2 rings (SSSR count). The average molecular weight is 287 g/mol. The summed E-state index contributed by atoms with van der Waals surface area (Å²) in [6.07, 6.45) is 0. The van der Waals surface area contributed by atoms with Gasteiger partial charge in [0.05, 0.1) is 0 Å². The quantitative estimate of drug-likeness (QED) is 0.847. The lowest BCUT2D eigenvalue weighted by Gasteiger charge is -2.16. The molecule has 0 spiro atoms. The Kier molecular flexibility index (Phi) is 5.07. The zero-order valence-electron chi connectivity index (χ0n) is 11.4. The molecule has 0 fully saturated rings. The van der Waals surface area contributed by atoms with Gasteiger partial charge < -0.3 is 4.90 Å². The van der Waals surface area contributed by atoms with Crippen molar-refractivity contribution in [1.29, 1.82) is 0 Å². The van der Waals surface area contributed by atoms with Crippen LogP contribution in [0.1, 0.15) is 5.56 Å². The van der Waals surface area contributed by atoms with E-state index in [0.29, 0.717) is 5.75 Å². The number of anilines is 1. The maximum Gasteiger partial charge on any atom is 0.239 e. The molecule has 0 aromatic heterocycles. The second-order valence-corrected chi connectivity index (χ2v) is 5.96. The fourth-order valence-electron chi connectivity index (χ4n) is 1.84. The Balaban J connectivity index is 1.93. The maximum atomic E-state index is 12.1. The van der Waals surface area contributed by atoms with Gasteiger partial charge >= 0.3 is 0 Å². The Morgan fingerprint density at radius 3 is 2.15 bits per heavy atom. The molecule has 2 aromatic carbocycles. The minimum Gasteiger partial charge on any atom is -0.315 e. The molecule has 0 aliphatic rings. The van der Waals surface area contributed by atoms with E-state index in [0.717, 1.165) is 11.3 Å². The zero-order valence-corrected chi connectivity index (χ0v) is 12.2. The van der Waals surface area contributed by atoms with Gasteiger partial charge in [-0.3, -0.25) is 9.00 Å². The van der Waals surface area contributed by atoms with E-state index in [1.807, 2.05) is 60.7 Å². The van der Waals surface area contributed by atoms with Gasteiger partial charge in [-0.2, -0.15) is 0 Å².